The summed E-state index contributed by atoms with van der Waals surface area (Å²) in [6.45, 7) is 4.97. The summed E-state index contributed by atoms with van der Waals surface area (Å²) in [4.78, 5) is 24.6. The van der Waals surface area contributed by atoms with Crippen molar-refractivity contribution in [3.63, 3.8) is 0 Å². The maximum absolute atomic E-state index is 12.5. The van der Waals surface area contributed by atoms with Crippen LogP contribution in [0.25, 0.3) is 0 Å². The first-order valence-corrected chi connectivity index (χ1v) is 35.2. The zero-order valence-corrected chi connectivity index (χ0v) is 52.7. The van der Waals surface area contributed by atoms with Gasteiger partial charge in [-0.2, -0.15) is 0 Å². The van der Waals surface area contributed by atoms with Crippen molar-refractivity contribution in [1.82, 2.24) is 5.32 Å². The summed E-state index contributed by atoms with van der Waals surface area (Å²) >= 11 is 0. The van der Waals surface area contributed by atoms with E-state index in [1.165, 1.54) is 302 Å². The molecule has 0 aromatic carbocycles. The maximum atomic E-state index is 12.5. The van der Waals surface area contributed by atoms with Crippen molar-refractivity contribution in [3.8, 4) is 0 Å². The minimum Gasteiger partial charge on any atom is -0.466 e. The van der Waals surface area contributed by atoms with Crippen LogP contribution in [0.2, 0.25) is 0 Å². The SMILES string of the molecule is CCCCCCCCC/C=C\CCCCCCCCCC(=O)OCCCCCCCCCCC/C=C\C/C=C\CCCCCCCCCCCCCC(=O)NC(CO)C(O)CCCCCCCCCCCCCCCCCC. The topological polar surface area (TPSA) is 95.9 Å². The molecule has 0 spiro atoms. The summed E-state index contributed by atoms with van der Waals surface area (Å²) in [6, 6.07) is -0.544. The molecule has 2 atom stereocenters. The van der Waals surface area contributed by atoms with Crippen molar-refractivity contribution >= 4 is 11.9 Å². The Morgan fingerprint density at radius 2 is 0.641 bits per heavy atom. The van der Waals surface area contributed by atoms with Crippen LogP contribution < -0.4 is 5.32 Å². The van der Waals surface area contributed by atoms with E-state index < -0.39 is 12.1 Å². The Hall–Kier alpha value is -1.92. The van der Waals surface area contributed by atoms with Crippen LogP contribution in [0.5, 0.6) is 0 Å². The molecule has 0 aromatic rings. The number of carbonyl (C=O) groups excluding carboxylic acids is 2. The van der Waals surface area contributed by atoms with Gasteiger partial charge in [0.25, 0.3) is 0 Å². The van der Waals surface area contributed by atoms with Crippen LogP contribution >= 0.6 is 0 Å². The lowest BCUT2D eigenvalue weighted by Gasteiger charge is -2.22. The number of nitrogens with one attached hydrogen (secondary N) is 1. The fourth-order valence-electron chi connectivity index (χ4n) is 11.0. The molecule has 460 valence electrons. The third kappa shape index (κ3) is 63.3. The number of hydrogen-bond donors (Lipinski definition) is 3. The van der Waals surface area contributed by atoms with Crippen molar-refractivity contribution in [2.45, 2.75) is 398 Å². The molecule has 6 nitrogen and oxygen atoms in total. The third-order valence-electron chi connectivity index (χ3n) is 16.4. The van der Waals surface area contributed by atoms with Gasteiger partial charge in [-0.25, -0.2) is 0 Å². The fraction of sp³-hybridized carbons (Fsp3) is 0.889. The van der Waals surface area contributed by atoms with E-state index in [1.807, 2.05) is 0 Å². The van der Waals surface area contributed by atoms with Crippen LogP contribution in [0.4, 0.5) is 0 Å². The molecule has 0 bridgehead atoms. The quantitative estimate of drug-likeness (QED) is 0.0320. The van der Waals surface area contributed by atoms with Crippen molar-refractivity contribution in [3.05, 3.63) is 36.5 Å². The monoisotopic (exact) mass is 1100 g/mol. The summed E-state index contributed by atoms with van der Waals surface area (Å²) in [7, 11) is 0. The van der Waals surface area contributed by atoms with Gasteiger partial charge in [-0.3, -0.25) is 9.59 Å². The second-order valence-corrected chi connectivity index (χ2v) is 24.2. The lowest BCUT2D eigenvalue weighted by atomic mass is 10.0. The van der Waals surface area contributed by atoms with Crippen LogP contribution in [-0.2, 0) is 14.3 Å². The fourth-order valence-corrected chi connectivity index (χ4v) is 11.0. The van der Waals surface area contributed by atoms with Gasteiger partial charge in [0.15, 0.2) is 0 Å². The zero-order chi connectivity index (χ0) is 56.4. The van der Waals surface area contributed by atoms with Gasteiger partial charge in [0, 0.05) is 12.8 Å². The molecule has 6 heteroatoms. The Morgan fingerprint density at radius 3 is 0.987 bits per heavy atom. The van der Waals surface area contributed by atoms with Gasteiger partial charge in [-0.05, 0) is 83.5 Å². The smallest absolute Gasteiger partial charge is 0.305 e. The number of aliphatic hydroxyl groups is 2. The first-order chi connectivity index (χ1) is 38.5. The molecular formula is C72H137NO5. The van der Waals surface area contributed by atoms with Crippen molar-refractivity contribution in [2.75, 3.05) is 13.2 Å². The first-order valence-electron chi connectivity index (χ1n) is 35.2. The molecule has 0 saturated carbocycles. The third-order valence-corrected chi connectivity index (χ3v) is 16.4. The molecule has 0 rings (SSSR count). The molecule has 1 amide bonds. The minimum atomic E-state index is -0.667. The predicted molar refractivity (Wildman–Crippen MR) is 343 cm³/mol. The van der Waals surface area contributed by atoms with Crippen molar-refractivity contribution < 1.29 is 24.5 Å². The number of amides is 1. The second kappa shape index (κ2) is 67.6. The van der Waals surface area contributed by atoms with E-state index in [0.29, 0.717) is 25.9 Å². The van der Waals surface area contributed by atoms with Gasteiger partial charge >= 0.3 is 5.97 Å². The highest BCUT2D eigenvalue weighted by molar-refractivity contribution is 5.76. The van der Waals surface area contributed by atoms with Gasteiger partial charge < -0.3 is 20.3 Å². The van der Waals surface area contributed by atoms with Gasteiger partial charge in [-0.15, -0.1) is 0 Å². The molecule has 0 aliphatic carbocycles. The highest BCUT2D eigenvalue weighted by atomic mass is 16.5. The molecule has 0 saturated heterocycles. The summed E-state index contributed by atoms with van der Waals surface area (Å²) < 4.78 is 5.50. The largest absolute Gasteiger partial charge is 0.466 e. The molecule has 0 aromatic heterocycles. The van der Waals surface area contributed by atoms with E-state index in [-0.39, 0.29) is 18.5 Å². The molecule has 0 radical (unpaired) electrons. The number of carbonyl (C=O) groups is 2. The second-order valence-electron chi connectivity index (χ2n) is 24.2. The summed E-state index contributed by atoms with van der Waals surface area (Å²) in [5, 5.41) is 23.3. The Kier molecular flexibility index (Phi) is 65.9. The lowest BCUT2D eigenvalue weighted by molar-refractivity contribution is -0.143. The molecule has 0 fully saturated rings. The molecule has 3 N–H and O–H groups in total. The Morgan fingerprint density at radius 1 is 0.359 bits per heavy atom. The number of allylic oxidation sites excluding steroid dienone is 6. The van der Waals surface area contributed by atoms with Gasteiger partial charge in [0.1, 0.15) is 0 Å². The number of aliphatic hydroxyl groups excluding tert-OH is 2. The van der Waals surface area contributed by atoms with Crippen LogP contribution in [0, 0.1) is 0 Å². The van der Waals surface area contributed by atoms with Gasteiger partial charge in [0.2, 0.25) is 5.91 Å². The highest BCUT2D eigenvalue weighted by Gasteiger charge is 2.20. The molecular weight excluding hydrogens is 959 g/mol. The van der Waals surface area contributed by atoms with E-state index >= 15 is 0 Å². The van der Waals surface area contributed by atoms with Crippen LogP contribution in [0.1, 0.15) is 386 Å². The van der Waals surface area contributed by atoms with Crippen LogP contribution in [0.3, 0.4) is 0 Å². The normalized spacial score (nSPS) is 12.7. The van der Waals surface area contributed by atoms with Gasteiger partial charge in [-0.1, -0.05) is 326 Å². The van der Waals surface area contributed by atoms with E-state index in [4.69, 9.17) is 4.74 Å². The molecule has 0 aliphatic heterocycles. The predicted octanol–water partition coefficient (Wildman–Crippen LogP) is 22.7. The van der Waals surface area contributed by atoms with E-state index in [1.54, 1.807) is 0 Å². The Bertz CT molecular complexity index is 1260. The Labute approximate surface area is 487 Å². The van der Waals surface area contributed by atoms with E-state index in [0.717, 1.165) is 51.4 Å². The average Bonchev–Trinajstić information content (AvgIpc) is 3.44. The zero-order valence-electron chi connectivity index (χ0n) is 52.7. The number of ether oxygens (including phenoxy) is 1. The summed E-state index contributed by atoms with van der Waals surface area (Å²) in [5.41, 5.74) is 0. The van der Waals surface area contributed by atoms with E-state index in [9.17, 15) is 19.8 Å². The molecule has 0 heterocycles. The average molecular weight is 1100 g/mol. The molecule has 0 aliphatic rings. The van der Waals surface area contributed by atoms with Crippen LogP contribution in [0.15, 0.2) is 36.5 Å². The number of hydrogen-bond acceptors (Lipinski definition) is 5. The van der Waals surface area contributed by atoms with Crippen molar-refractivity contribution in [2.24, 2.45) is 0 Å². The summed E-state index contributed by atoms with van der Waals surface area (Å²) in [5.74, 6) is -0.0274. The Balaban J connectivity index is 3.40. The standard InChI is InChI=1S/C72H137NO5/c1-3-5-7-9-11-13-15-17-19-21-34-38-42-46-50-54-58-62-66-72(77)78-67-63-59-55-51-47-43-39-35-32-30-28-26-24-22-23-25-27-29-31-33-37-41-45-49-53-57-61-65-71(76)73-69(68-74)70(75)64-60-56-52-48-44-40-36-20-18-16-14-12-10-8-6-4-2/h19,21-23,26,28,69-70,74-75H,3-18,20,24-25,27,29-68H2,1-2H3,(H,73,76)/b21-19-,23-22-,28-26-. The van der Waals surface area contributed by atoms with Crippen LogP contribution in [-0.4, -0.2) is 47.4 Å². The van der Waals surface area contributed by atoms with Crippen molar-refractivity contribution in [1.29, 1.82) is 0 Å². The molecule has 2 unspecified atom stereocenters. The number of rotatable bonds is 66. The lowest BCUT2D eigenvalue weighted by Crippen LogP contribution is -2.45. The first kappa shape index (κ1) is 76.1. The minimum absolute atomic E-state index is 0.00823. The maximum Gasteiger partial charge on any atom is 0.305 e. The van der Waals surface area contributed by atoms with E-state index in [2.05, 4.69) is 55.6 Å². The van der Waals surface area contributed by atoms with Gasteiger partial charge in [0.05, 0.1) is 25.4 Å². The number of unbranched alkanes of at least 4 members (excludes halogenated alkanes) is 49. The highest BCUT2D eigenvalue weighted by Crippen LogP contribution is 2.18. The number of esters is 1. The summed E-state index contributed by atoms with van der Waals surface area (Å²) in [6.07, 6.45) is 86.1. The molecule has 78 heavy (non-hydrogen) atoms.